The van der Waals surface area contributed by atoms with Crippen molar-refractivity contribution in [2.75, 3.05) is 26.2 Å². The molecule has 2 fully saturated rings. The van der Waals surface area contributed by atoms with Gasteiger partial charge in [0.2, 0.25) is 5.91 Å². The molecule has 0 radical (unpaired) electrons. The SMILES string of the molecule is CC(C)N1CCCN(CC(C)N2CCCC(C)(CCC(C)n3cnn(C)c3=O)C2=O)C1=O. The Balaban J connectivity index is 1.62. The first-order chi connectivity index (χ1) is 15.0. The molecule has 3 unspecified atom stereocenters. The molecule has 9 heteroatoms. The van der Waals surface area contributed by atoms with Gasteiger partial charge in [0, 0.05) is 56.8 Å². The van der Waals surface area contributed by atoms with Crippen LogP contribution in [0, 0.1) is 5.41 Å². The molecule has 3 atom stereocenters. The van der Waals surface area contributed by atoms with E-state index in [0.29, 0.717) is 6.54 Å². The summed E-state index contributed by atoms with van der Waals surface area (Å²) in [6.07, 6.45) is 5.81. The van der Waals surface area contributed by atoms with Gasteiger partial charge < -0.3 is 14.7 Å². The van der Waals surface area contributed by atoms with Crippen LogP contribution in [0.3, 0.4) is 0 Å². The molecule has 3 amide bonds. The summed E-state index contributed by atoms with van der Waals surface area (Å²) in [6.45, 7) is 13.1. The van der Waals surface area contributed by atoms with Gasteiger partial charge in [-0.3, -0.25) is 9.36 Å². The van der Waals surface area contributed by atoms with E-state index in [-0.39, 0.29) is 35.8 Å². The third-order valence-electron chi connectivity index (χ3n) is 7.32. The molecule has 2 aliphatic heterocycles. The summed E-state index contributed by atoms with van der Waals surface area (Å²) >= 11 is 0. The first-order valence-corrected chi connectivity index (χ1v) is 12.0. The highest BCUT2D eigenvalue weighted by Crippen LogP contribution is 2.37. The van der Waals surface area contributed by atoms with E-state index in [1.807, 2.05) is 35.5 Å². The van der Waals surface area contributed by atoms with Crippen LogP contribution < -0.4 is 5.69 Å². The van der Waals surface area contributed by atoms with Gasteiger partial charge in [0.1, 0.15) is 6.33 Å². The lowest BCUT2D eigenvalue weighted by molar-refractivity contribution is -0.148. The summed E-state index contributed by atoms with van der Waals surface area (Å²) in [4.78, 5) is 44.4. The molecule has 2 aliphatic rings. The molecule has 1 aromatic heterocycles. The fraction of sp³-hybridized carbons (Fsp3) is 0.826. The third kappa shape index (κ3) is 4.86. The maximum Gasteiger partial charge on any atom is 0.345 e. The monoisotopic (exact) mass is 448 g/mol. The van der Waals surface area contributed by atoms with E-state index >= 15 is 0 Å². The molecule has 32 heavy (non-hydrogen) atoms. The minimum absolute atomic E-state index is 0.0124. The van der Waals surface area contributed by atoms with Crippen LogP contribution >= 0.6 is 0 Å². The number of carbonyl (C=O) groups is 2. The van der Waals surface area contributed by atoms with E-state index in [2.05, 4.69) is 18.9 Å². The molecule has 0 bridgehead atoms. The number of hydrogen-bond donors (Lipinski definition) is 0. The van der Waals surface area contributed by atoms with Crippen molar-refractivity contribution in [1.82, 2.24) is 29.0 Å². The Labute approximate surface area is 191 Å². The predicted octanol–water partition coefficient (Wildman–Crippen LogP) is 2.48. The van der Waals surface area contributed by atoms with Crippen LogP contribution in [0.15, 0.2) is 11.1 Å². The highest BCUT2D eigenvalue weighted by Gasteiger charge is 2.42. The van der Waals surface area contributed by atoms with E-state index in [9.17, 15) is 14.4 Å². The van der Waals surface area contributed by atoms with Crippen LogP contribution in [0.1, 0.15) is 72.8 Å². The van der Waals surface area contributed by atoms with Crippen molar-refractivity contribution in [2.45, 2.75) is 84.8 Å². The second kappa shape index (κ2) is 9.67. The van der Waals surface area contributed by atoms with Gasteiger partial charge in [-0.05, 0) is 59.8 Å². The molecule has 2 saturated heterocycles. The van der Waals surface area contributed by atoms with Crippen molar-refractivity contribution >= 4 is 11.9 Å². The van der Waals surface area contributed by atoms with Gasteiger partial charge in [0.05, 0.1) is 0 Å². The van der Waals surface area contributed by atoms with Crippen LogP contribution in [0.2, 0.25) is 0 Å². The zero-order chi connectivity index (χ0) is 23.6. The van der Waals surface area contributed by atoms with Crippen molar-refractivity contribution in [3.05, 3.63) is 16.8 Å². The van der Waals surface area contributed by atoms with Gasteiger partial charge in [0.15, 0.2) is 0 Å². The molecular weight excluding hydrogens is 408 g/mol. The number of amides is 3. The number of urea groups is 1. The zero-order valence-electron chi connectivity index (χ0n) is 20.6. The fourth-order valence-electron chi connectivity index (χ4n) is 5.09. The van der Waals surface area contributed by atoms with Crippen molar-refractivity contribution in [1.29, 1.82) is 0 Å². The van der Waals surface area contributed by atoms with Crippen molar-refractivity contribution < 1.29 is 9.59 Å². The lowest BCUT2D eigenvalue weighted by Gasteiger charge is -2.45. The Kier molecular flexibility index (Phi) is 7.35. The van der Waals surface area contributed by atoms with Crippen molar-refractivity contribution in [3.8, 4) is 0 Å². The summed E-state index contributed by atoms with van der Waals surface area (Å²) in [5.41, 5.74) is -0.572. The number of likely N-dealkylation sites (tertiary alicyclic amines) is 1. The molecule has 3 heterocycles. The Morgan fingerprint density at radius 3 is 2.31 bits per heavy atom. The Bertz CT molecular complexity index is 877. The third-order valence-corrected chi connectivity index (χ3v) is 7.32. The lowest BCUT2D eigenvalue weighted by Crippen LogP contribution is -2.58. The van der Waals surface area contributed by atoms with Crippen LogP contribution in [0.5, 0.6) is 0 Å². The average Bonchev–Trinajstić information content (AvgIpc) is 3.08. The number of aromatic nitrogens is 3. The largest absolute Gasteiger partial charge is 0.345 e. The standard InChI is InChI=1S/C23H40N6O3/c1-17(2)27-14-8-12-26(22(27)32)15-19(4)28-13-7-10-23(5,20(28)30)11-9-18(3)29-16-24-25(6)21(29)31/h16-19H,7-15H2,1-6H3. The molecule has 0 aliphatic carbocycles. The predicted molar refractivity (Wildman–Crippen MR) is 123 cm³/mol. The Morgan fingerprint density at radius 1 is 1.00 bits per heavy atom. The molecule has 3 rings (SSSR count). The maximum atomic E-state index is 13.5. The number of carbonyl (C=O) groups excluding carboxylic acids is 2. The van der Waals surface area contributed by atoms with E-state index in [0.717, 1.165) is 51.7 Å². The Hall–Kier alpha value is -2.32. The van der Waals surface area contributed by atoms with E-state index in [4.69, 9.17) is 0 Å². The number of rotatable bonds is 8. The lowest BCUT2D eigenvalue weighted by atomic mass is 9.76. The van der Waals surface area contributed by atoms with E-state index in [1.54, 1.807) is 17.9 Å². The second-order valence-electron chi connectivity index (χ2n) is 10.2. The summed E-state index contributed by atoms with van der Waals surface area (Å²) in [6, 6.07) is 0.244. The molecule has 0 spiro atoms. The number of nitrogens with zero attached hydrogens (tertiary/aromatic N) is 6. The van der Waals surface area contributed by atoms with Gasteiger partial charge in [-0.2, -0.15) is 5.10 Å². The fourth-order valence-corrected chi connectivity index (χ4v) is 5.09. The van der Waals surface area contributed by atoms with Crippen LogP contribution in [0.4, 0.5) is 4.79 Å². The minimum atomic E-state index is -0.442. The zero-order valence-corrected chi connectivity index (χ0v) is 20.6. The summed E-state index contributed by atoms with van der Waals surface area (Å²) in [5.74, 6) is 0.173. The first kappa shape index (κ1) is 24.3. The van der Waals surface area contributed by atoms with E-state index < -0.39 is 5.41 Å². The maximum absolute atomic E-state index is 13.5. The van der Waals surface area contributed by atoms with Crippen LogP contribution in [-0.2, 0) is 11.8 Å². The molecule has 0 aromatic carbocycles. The van der Waals surface area contributed by atoms with E-state index in [1.165, 1.54) is 4.68 Å². The van der Waals surface area contributed by atoms with Gasteiger partial charge >= 0.3 is 11.7 Å². The molecule has 1 aromatic rings. The molecule has 0 saturated carbocycles. The van der Waals surface area contributed by atoms with Gasteiger partial charge in [0.25, 0.3) is 0 Å². The van der Waals surface area contributed by atoms with Crippen molar-refractivity contribution in [3.63, 3.8) is 0 Å². The normalized spacial score (nSPS) is 24.4. The summed E-state index contributed by atoms with van der Waals surface area (Å²) in [7, 11) is 1.64. The number of aryl methyl sites for hydroxylation is 1. The topological polar surface area (TPSA) is 83.7 Å². The summed E-state index contributed by atoms with van der Waals surface area (Å²) < 4.78 is 2.97. The highest BCUT2D eigenvalue weighted by molar-refractivity contribution is 5.83. The quantitative estimate of drug-likeness (QED) is 0.612. The smallest absolute Gasteiger partial charge is 0.338 e. The molecular formula is C23H40N6O3. The van der Waals surface area contributed by atoms with Crippen molar-refractivity contribution in [2.24, 2.45) is 12.5 Å². The second-order valence-corrected chi connectivity index (χ2v) is 10.2. The van der Waals surface area contributed by atoms with Crippen LogP contribution in [0.25, 0.3) is 0 Å². The van der Waals surface area contributed by atoms with Gasteiger partial charge in [-0.1, -0.05) is 6.92 Å². The highest BCUT2D eigenvalue weighted by atomic mass is 16.2. The number of piperidine rings is 1. The van der Waals surface area contributed by atoms with Gasteiger partial charge in [-0.15, -0.1) is 0 Å². The molecule has 180 valence electrons. The molecule has 9 nitrogen and oxygen atoms in total. The average molecular weight is 449 g/mol. The van der Waals surface area contributed by atoms with Crippen LogP contribution in [-0.4, -0.2) is 79.2 Å². The summed E-state index contributed by atoms with van der Waals surface area (Å²) in [5, 5.41) is 4.03. The number of hydrogen-bond acceptors (Lipinski definition) is 4. The Morgan fingerprint density at radius 2 is 1.69 bits per heavy atom. The first-order valence-electron chi connectivity index (χ1n) is 12.0. The van der Waals surface area contributed by atoms with Gasteiger partial charge in [-0.25, -0.2) is 14.3 Å². The minimum Gasteiger partial charge on any atom is -0.338 e. The molecule has 0 N–H and O–H groups in total.